The van der Waals surface area contributed by atoms with Gasteiger partial charge in [0.2, 0.25) is 0 Å². The van der Waals surface area contributed by atoms with Gasteiger partial charge in [0, 0.05) is 0 Å². The summed E-state index contributed by atoms with van der Waals surface area (Å²) in [4.78, 5) is -0.316. The summed E-state index contributed by atoms with van der Waals surface area (Å²) in [7, 11) is -4.94. The minimum Gasteiger partial charge on any atom is -0.394 e. The molecule has 31 nitrogen and oxygen atoms in total. The third-order valence-electron chi connectivity index (χ3n) is 14.9. The van der Waals surface area contributed by atoms with E-state index < -0.39 is 234 Å². The summed E-state index contributed by atoms with van der Waals surface area (Å²) in [5, 5.41) is 167. The fourth-order valence-corrected chi connectivity index (χ4v) is 12.5. The third kappa shape index (κ3) is 11.5. The largest absolute Gasteiger partial charge is 0.394 e. The summed E-state index contributed by atoms with van der Waals surface area (Å²) in [6, 6.07) is 3.11. The molecule has 0 unspecified atom stereocenters. The molecule has 32 heteroatoms. The molecule has 12 bridgehead atoms. The van der Waals surface area contributed by atoms with Crippen LogP contribution in [0.25, 0.3) is 0 Å². The number of hydrogen-bond donors (Lipinski definition) is 15. The van der Waals surface area contributed by atoms with E-state index in [2.05, 4.69) is 0 Å². The summed E-state index contributed by atoms with van der Waals surface area (Å²) in [5.74, 6) is 0. The number of aryl methyl sites for hydroxylation is 3. The van der Waals surface area contributed by atoms with Gasteiger partial charge in [-0.25, -0.2) is 0 Å². The molecule has 1 aromatic rings. The SMILES string of the molecule is Cc1cc(C)c(S(=O)(=O)O[C@H]2[C@H]3O[C@H]4[C@H](O)[C@@H](O)[C@@H](O[C@H]5[C@H](O)[C@@H](O)[C@@H](O[C@H]6[C@H](O)[C@@H](O)[C@@H](O[C@H]7[C@H](O)[C@@H](O)[C@@H](O[C@H]8[C@@H]9O[C@H]9[C@@H](O[C@@H]([C@@H]2O)[C@@H](CO)O3)O[C@@H]8CO)O[C@@H]7CO)O[C@@H]6CO)O[C@@H]5CO)O[C@@H]4CO)c(C)c1. The zero-order valence-electron chi connectivity index (χ0n) is 41.4. The first-order valence-corrected chi connectivity index (χ1v) is 26.3. The van der Waals surface area contributed by atoms with E-state index in [0.29, 0.717) is 5.56 Å². The van der Waals surface area contributed by atoms with Crippen LogP contribution in [0.15, 0.2) is 17.0 Å². The summed E-state index contributed by atoms with van der Waals surface area (Å²) >= 11 is 0. The number of epoxide rings is 1. The molecule has 17 heterocycles. The Balaban J connectivity index is 1.06. The van der Waals surface area contributed by atoms with Gasteiger partial charge >= 0.3 is 0 Å². The highest BCUT2D eigenvalue weighted by molar-refractivity contribution is 7.86. The maximum atomic E-state index is 14.3. The van der Waals surface area contributed by atoms with Crippen molar-refractivity contribution in [2.75, 3.05) is 39.6 Å². The monoisotopic (exact) mass is 1140 g/mol. The molecule has 0 spiro atoms. The van der Waals surface area contributed by atoms with Crippen LogP contribution in [0, 0.1) is 20.8 Å². The zero-order valence-corrected chi connectivity index (χ0v) is 42.2. The van der Waals surface area contributed by atoms with E-state index >= 15 is 0 Å². The van der Waals surface area contributed by atoms with Crippen molar-refractivity contribution in [3.05, 3.63) is 28.8 Å². The lowest BCUT2D eigenvalue weighted by Crippen LogP contribution is -2.68. The lowest BCUT2D eigenvalue weighted by molar-refractivity contribution is -0.397. The Hall–Kier alpha value is -1.99. The molecule has 0 aliphatic carbocycles. The molecule has 18 rings (SSSR count). The average Bonchev–Trinajstić information content (AvgIpc) is 4.25. The van der Waals surface area contributed by atoms with E-state index in [0.717, 1.165) is 0 Å². The second-order valence-electron chi connectivity index (χ2n) is 20.2. The molecule has 0 saturated carbocycles. The van der Waals surface area contributed by atoms with E-state index in [4.69, 9.17) is 65.8 Å². The first-order chi connectivity index (χ1) is 36.6. The van der Waals surface area contributed by atoms with E-state index in [-0.39, 0.29) is 16.0 Å². The maximum Gasteiger partial charge on any atom is 0.298 e. The van der Waals surface area contributed by atoms with Crippen LogP contribution in [0.1, 0.15) is 16.7 Å². The fraction of sp³-hybridized carbons (Fsp3) is 0.867. The first kappa shape index (κ1) is 59.6. The molecule has 17 aliphatic heterocycles. The zero-order chi connectivity index (χ0) is 55.7. The topological polar surface area (TPSA) is 470 Å². The van der Waals surface area contributed by atoms with Crippen molar-refractivity contribution in [1.82, 2.24) is 0 Å². The minimum atomic E-state index is -4.94. The van der Waals surface area contributed by atoms with Crippen LogP contribution in [0.2, 0.25) is 0 Å². The highest BCUT2D eigenvalue weighted by Crippen LogP contribution is 2.44. The normalized spacial score (nSPS) is 49.7. The van der Waals surface area contributed by atoms with E-state index in [1.165, 1.54) is 13.8 Å². The van der Waals surface area contributed by atoms with Crippen LogP contribution in [0.3, 0.4) is 0 Å². The number of aliphatic hydroxyl groups excluding tert-OH is 15. The Bertz CT molecular complexity index is 2220. The van der Waals surface area contributed by atoms with Gasteiger partial charge in [0.15, 0.2) is 43.8 Å². The average molecular weight is 1140 g/mol. The highest BCUT2D eigenvalue weighted by Gasteiger charge is 2.64. The van der Waals surface area contributed by atoms with Crippen molar-refractivity contribution >= 4 is 10.1 Å². The van der Waals surface area contributed by atoms with Gasteiger partial charge in [-0.1, -0.05) is 17.7 Å². The van der Waals surface area contributed by atoms with Gasteiger partial charge in [-0.3, -0.25) is 4.18 Å². The molecule has 77 heavy (non-hydrogen) atoms. The summed E-state index contributed by atoms with van der Waals surface area (Å²) in [6.07, 6.45) is -55.6. The second kappa shape index (κ2) is 24.1. The molecule has 0 radical (unpaired) electrons. The molecule has 17 fully saturated rings. The third-order valence-corrected chi connectivity index (χ3v) is 16.5. The number of hydrogen-bond acceptors (Lipinski definition) is 31. The van der Waals surface area contributed by atoms with Gasteiger partial charge in [0.05, 0.1) is 44.5 Å². The predicted octanol–water partition coefficient (Wildman–Crippen LogP) is -9.67. The van der Waals surface area contributed by atoms with Crippen molar-refractivity contribution in [2.24, 2.45) is 0 Å². The van der Waals surface area contributed by atoms with Crippen LogP contribution in [0.5, 0.6) is 0 Å². The van der Waals surface area contributed by atoms with Gasteiger partial charge in [0.25, 0.3) is 10.1 Å². The molecular weight excluding hydrogens is 1070 g/mol. The van der Waals surface area contributed by atoms with Crippen LogP contribution in [-0.2, 0) is 75.9 Å². The van der Waals surface area contributed by atoms with Crippen molar-refractivity contribution in [3.8, 4) is 0 Å². The van der Waals surface area contributed by atoms with Crippen molar-refractivity contribution < 1.29 is 151 Å². The van der Waals surface area contributed by atoms with Gasteiger partial charge in [-0.2, -0.15) is 8.42 Å². The van der Waals surface area contributed by atoms with E-state index in [9.17, 15) is 85.0 Å². The highest BCUT2D eigenvalue weighted by atomic mass is 32.2. The van der Waals surface area contributed by atoms with Crippen LogP contribution < -0.4 is 0 Å². The number of benzene rings is 1. The first-order valence-electron chi connectivity index (χ1n) is 24.9. The molecule has 17 aliphatic rings. The lowest BCUT2D eigenvalue weighted by atomic mass is 9.95. The number of aliphatic hydroxyl groups is 15. The Kier molecular flexibility index (Phi) is 18.6. The maximum absolute atomic E-state index is 14.3. The predicted molar refractivity (Wildman–Crippen MR) is 239 cm³/mol. The lowest BCUT2D eigenvalue weighted by Gasteiger charge is -2.50. The molecule has 15 N–H and O–H groups in total. The van der Waals surface area contributed by atoms with Gasteiger partial charge < -0.3 is 138 Å². The molecule has 0 aromatic heterocycles. The molecule has 17 saturated heterocycles. The fourth-order valence-electron chi connectivity index (χ4n) is 11.0. The summed E-state index contributed by atoms with van der Waals surface area (Å²) < 4.78 is 111. The Morgan fingerprint density at radius 1 is 0.351 bits per heavy atom. The second-order valence-corrected chi connectivity index (χ2v) is 21.7. The number of rotatable bonds is 9. The smallest absolute Gasteiger partial charge is 0.298 e. The number of ether oxygens (including phenoxy) is 13. The molecule has 1 aromatic carbocycles. The van der Waals surface area contributed by atoms with Gasteiger partial charge in [-0.15, -0.1) is 0 Å². The Labute approximate surface area is 438 Å². The standard InChI is InChI=1S/C45H68O31S/c1-12-4-13(2)39(14(3)5-12)77(61,62)76-36-29(60)34-19(10-50)67-44(36)73-33-18(9-49)65-42(27(58)24(33)55)71-31-16(7-47)63-40(25(56)22(31)53)70-30-15(6-46)64-41(26(57)21(30)52)72-32-17(8-48)66-43(28(59)23(32)54)75-35-20(11-51)68-45(74-34)38-37(35)69-38/h4-5,15-38,40-60H,6-11H2,1-3H3/t15-,16-,17-,18-,19-,20-,21-,22-,23-,24-,25-,26-,27-,28-,29+,30-,31-,32-,33-,34-,35-,36-,37+,38-,40-,41-,42-,43-,44-,45-/m1/s1. The van der Waals surface area contributed by atoms with Crippen molar-refractivity contribution in [3.63, 3.8) is 0 Å². The Morgan fingerprint density at radius 2 is 0.636 bits per heavy atom. The van der Waals surface area contributed by atoms with Crippen LogP contribution in [0.4, 0.5) is 0 Å². The van der Waals surface area contributed by atoms with E-state index in [1.807, 2.05) is 0 Å². The summed E-state index contributed by atoms with van der Waals surface area (Å²) in [5.41, 5.74) is 1.16. The Morgan fingerprint density at radius 3 is 1.00 bits per heavy atom. The minimum absolute atomic E-state index is 0.232. The van der Waals surface area contributed by atoms with Crippen LogP contribution in [-0.4, -0.2) is 309 Å². The molecule has 30 atom stereocenters. The molecule has 440 valence electrons. The van der Waals surface area contributed by atoms with Gasteiger partial charge in [0.1, 0.15) is 140 Å². The van der Waals surface area contributed by atoms with Crippen molar-refractivity contribution in [2.45, 2.75) is 210 Å². The van der Waals surface area contributed by atoms with Gasteiger partial charge in [-0.05, 0) is 31.9 Å². The van der Waals surface area contributed by atoms with Crippen LogP contribution >= 0.6 is 0 Å². The van der Waals surface area contributed by atoms with Crippen molar-refractivity contribution in [1.29, 1.82) is 0 Å². The van der Waals surface area contributed by atoms with E-state index in [1.54, 1.807) is 19.1 Å². The quantitative estimate of drug-likeness (QED) is 0.0806. The molecular formula is C45H68O31S. The summed E-state index contributed by atoms with van der Waals surface area (Å²) in [6.45, 7) is -1.15. The molecule has 0 amide bonds.